The van der Waals surface area contributed by atoms with Crippen molar-refractivity contribution in [1.82, 2.24) is 0 Å². The van der Waals surface area contributed by atoms with E-state index in [1.807, 2.05) is 0 Å². The van der Waals surface area contributed by atoms with Crippen molar-refractivity contribution >= 4 is 117 Å². The van der Waals surface area contributed by atoms with Gasteiger partial charge in [0.25, 0.3) is 31.6 Å². The highest BCUT2D eigenvalue weighted by Crippen LogP contribution is 2.49. The van der Waals surface area contributed by atoms with Crippen LogP contribution in [-0.2, 0) is 39.4 Å². The quantitative estimate of drug-likeness (QED) is 0.0138. The fraction of sp³-hybridized carbons (Fsp3) is 0.135. The third-order valence-corrected chi connectivity index (χ3v) is 10.7. The van der Waals surface area contributed by atoms with E-state index in [0.29, 0.717) is 17.7 Å². The molecule has 0 aliphatic heterocycles. The Balaban J connectivity index is 1.52. The van der Waals surface area contributed by atoms with Gasteiger partial charge in [-0.2, -0.15) is 27.1 Å². The molecule has 0 fully saturated rings. The number of azo groups is 3. The molecule has 5 aromatic carbocycles. The minimum atomic E-state index is -5.45. The maximum Gasteiger partial charge on any atom is 0.303 e. The number of aryl methyl sites for hydroxylation is 1. The Morgan fingerprint density at radius 2 is 1.09 bits per heavy atom. The van der Waals surface area contributed by atoms with Crippen LogP contribution in [0.5, 0.6) is 5.75 Å². The molecule has 5 rings (SSSR count). The van der Waals surface area contributed by atoms with E-state index in [-0.39, 0.29) is 34.9 Å². The second-order valence-electron chi connectivity index (χ2n) is 13.6. The molecule has 0 spiro atoms. The average molecular weight is 966 g/mol. The van der Waals surface area contributed by atoms with E-state index >= 15 is 0 Å². The number of aliphatic carboxylic acids is 2. The van der Waals surface area contributed by atoms with Crippen molar-refractivity contribution in [3.63, 3.8) is 0 Å². The summed E-state index contributed by atoms with van der Waals surface area (Å²) in [5.41, 5.74) is 2.18. The first-order chi connectivity index (χ1) is 31.3. The number of nitro groups is 2. The van der Waals surface area contributed by atoms with E-state index in [1.165, 1.54) is 37.3 Å². The number of anilines is 3. The number of carbonyl (C=O) groups excluding carboxylic acids is 2. The van der Waals surface area contributed by atoms with Crippen LogP contribution in [0.4, 0.5) is 62.6 Å². The van der Waals surface area contributed by atoms with Crippen molar-refractivity contribution in [3.05, 3.63) is 92.5 Å². The zero-order valence-corrected chi connectivity index (χ0v) is 35.4. The number of hydrogen-bond donors (Lipinski definition) is 8. The molecule has 2 amide bonds. The highest BCUT2D eigenvalue weighted by Gasteiger charge is 2.29. The fourth-order valence-corrected chi connectivity index (χ4v) is 7.14. The van der Waals surface area contributed by atoms with E-state index in [1.54, 1.807) is 0 Å². The molecule has 67 heavy (non-hydrogen) atoms. The smallest absolute Gasteiger partial charge is 0.303 e. The summed E-state index contributed by atoms with van der Waals surface area (Å²) in [4.78, 5) is 65.1. The number of phenolic OH excluding ortho intramolecular Hbond substituents is 1. The lowest BCUT2D eigenvalue weighted by Gasteiger charge is -2.14. The standard InChI is InChI=1S/C37H31N11O17S2/c1-17-12-20(4-5-22(17)42-43-23-6-2-18(13-26(23)47(56)57)39-30(49)8-10-32(51)52)41-45-25-16-28(66(60,61)62)21-15-29(67(63,64)65)36(37(55)34(21)35(25)38)46-44-24-7-3-19(14-27(24)48(58)59)40-31(50)9-11-33(53)54/h2-7,12-16,55H,8-11,38H2,1H3,(H,39,49)(H,40,50)(H,51,52)(H,53,54)(H,60,61,62)(H,63,64,65). The lowest BCUT2D eigenvalue weighted by molar-refractivity contribution is -0.384. The van der Waals surface area contributed by atoms with Gasteiger partial charge in [-0.25, -0.2) is 0 Å². The zero-order chi connectivity index (χ0) is 49.5. The van der Waals surface area contributed by atoms with Crippen LogP contribution in [0.1, 0.15) is 31.2 Å². The van der Waals surface area contributed by atoms with Gasteiger partial charge in [-0.1, -0.05) is 0 Å². The summed E-state index contributed by atoms with van der Waals surface area (Å²) in [6.07, 6.45) is -1.85. The first-order valence-corrected chi connectivity index (χ1v) is 21.2. The van der Waals surface area contributed by atoms with Gasteiger partial charge in [0.05, 0.1) is 45.1 Å². The van der Waals surface area contributed by atoms with Crippen molar-refractivity contribution in [3.8, 4) is 5.75 Å². The summed E-state index contributed by atoms with van der Waals surface area (Å²) < 4.78 is 70.6. The van der Waals surface area contributed by atoms with Gasteiger partial charge in [-0.05, 0) is 67.1 Å². The average Bonchev–Trinajstić information content (AvgIpc) is 3.23. The molecule has 348 valence electrons. The number of phenols is 1. The Kier molecular flexibility index (Phi) is 14.7. The molecule has 5 aromatic rings. The molecular weight excluding hydrogens is 935 g/mol. The van der Waals surface area contributed by atoms with Crippen molar-refractivity contribution < 1.29 is 70.3 Å². The first kappa shape index (κ1) is 49.3. The van der Waals surface area contributed by atoms with Crippen LogP contribution in [0.3, 0.4) is 0 Å². The van der Waals surface area contributed by atoms with Gasteiger partial charge in [0.2, 0.25) is 11.8 Å². The summed E-state index contributed by atoms with van der Waals surface area (Å²) in [7, 11) is -10.8. The van der Waals surface area contributed by atoms with Crippen molar-refractivity contribution in [1.29, 1.82) is 0 Å². The normalized spacial score (nSPS) is 11.9. The number of carbonyl (C=O) groups is 4. The molecule has 0 heterocycles. The van der Waals surface area contributed by atoms with Gasteiger partial charge in [0.1, 0.15) is 21.2 Å². The summed E-state index contributed by atoms with van der Waals surface area (Å²) in [5, 5.41) is 78.9. The molecule has 0 radical (unpaired) electrons. The second-order valence-corrected chi connectivity index (χ2v) is 16.4. The van der Waals surface area contributed by atoms with Gasteiger partial charge < -0.3 is 31.7 Å². The van der Waals surface area contributed by atoms with Crippen LogP contribution in [0, 0.1) is 27.2 Å². The molecule has 0 aromatic heterocycles. The number of carboxylic acid groups (broad SMARTS) is 2. The van der Waals surface area contributed by atoms with E-state index < -0.39 is 134 Å². The van der Waals surface area contributed by atoms with Crippen LogP contribution < -0.4 is 16.4 Å². The predicted octanol–water partition coefficient (Wildman–Crippen LogP) is 7.60. The minimum absolute atomic E-state index is 0.00163. The zero-order valence-electron chi connectivity index (χ0n) is 33.8. The van der Waals surface area contributed by atoms with Crippen LogP contribution in [0.15, 0.2) is 107 Å². The van der Waals surface area contributed by atoms with Gasteiger partial charge in [0.15, 0.2) is 17.1 Å². The van der Waals surface area contributed by atoms with E-state index in [4.69, 9.17) is 15.9 Å². The van der Waals surface area contributed by atoms with E-state index in [0.717, 1.165) is 24.3 Å². The third kappa shape index (κ3) is 12.3. The maximum atomic E-state index is 12.6. The SMILES string of the molecule is Cc1cc(N=Nc2cc(S(=O)(=O)O)c3cc(S(=O)(=O)O)c(N=Nc4ccc(NC(=O)CCC(=O)O)cc4[N+](=O)[O-])c(O)c3c2N)ccc1N=Nc1ccc(NC(=O)CCC(=O)O)cc1[N+](=O)[O-]. The number of aromatic hydroxyl groups is 1. The van der Waals surface area contributed by atoms with Crippen LogP contribution >= 0.6 is 0 Å². The number of rotatable bonds is 18. The number of carboxylic acids is 2. The van der Waals surface area contributed by atoms with Gasteiger partial charge in [-0.15, -0.1) is 20.5 Å². The summed E-state index contributed by atoms with van der Waals surface area (Å²) in [6.45, 7) is 1.53. The van der Waals surface area contributed by atoms with Crippen molar-refractivity contribution in [2.24, 2.45) is 30.7 Å². The number of nitrogen functional groups attached to an aromatic ring is 1. The summed E-state index contributed by atoms with van der Waals surface area (Å²) in [6, 6.07) is 11.5. The molecule has 0 saturated carbocycles. The predicted molar refractivity (Wildman–Crippen MR) is 231 cm³/mol. The number of nitrogens with one attached hydrogen (secondary N) is 2. The third-order valence-electron chi connectivity index (χ3n) is 8.89. The summed E-state index contributed by atoms with van der Waals surface area (Å²) in [5.74, 6) is -5.27. The Morgan fingerprint density at radius 1 is 0.627 bits per heavy atom. The first-order valence-electron chi connectivity index (χ1n) is 18.4. The molecular formula is C37H31N11O17S2. The molecule has 30 heteroatoms. The van der Waals surface area contributed by atoms with Crippen LogP contribution in [0.2, 0.25) is 0 Å². The number of benzene rings is 5. The highest BCUT2D eigenvalue weighted by atomic mass is 32.2. The molecule has 0 atom stereocenters. The minimum Gasteiger partial charge on any atom is -0.505 e. The lowest BCUT2D eigenvalue weighted by atomic mass is 10.0. The molecule has 0 bridgehead atoms. The Bertz CT molecular complexity index is 3250. The summed E-state index contributed by atoms with van der Waals surface area (Å²) >= 11 is 0. The Morgan fingerprint density at radius 3 is 1.55 bits per heavy atom. The van der Waals surface area contributed by atoms with E-state index in [2.05, 4.69) is 41.3 Å². The Hall–Kier alpha value is -8.74. The maximum absolute atomic E-state index is 12.6. The number of hydrogen-bond acceptors (Lipinski definition) is 20. The van der Waals surface area contributed by atoms with Gasteiger partial charge in [0, 0.05) is 41.7 Å². The Labute approximate surface area is 374 Å². The number of nitrogens with two attached hydrogens (primary N) is 1. The largest absolute Gasteiger partial charge is 0.505 e. The monoisotopic (exact) mass is 965 g/mol. The highest BCUT2D eigenvalue weighted by molar-refractivity contribution is 7.86. The van der Waals surface area contributed by atoms with Gasteiger partial charge in [-0.3, -0.25) is 48.5 Å². The molecule has 9 N–H and O–H groups in total. The number of nitro benzene ring substituents is 2. The number of nitrogens with zero attached hydrogens (tertiary/aromatic N) is 8. The van der Waals surface area contributed by atoms with Crippen LogP contribution in [-0.4, -0.2) is 74.9 Å². The van der Waals surface area contributed by atoms with Crippen molar-refractivity contribution in [2.75, 3.05) is 16.4 Å². The number of amides is 2. The van der Waals surface area contributed by atoms with E-state index in [9.17, 15) is 70.5 Å². The number of fused-ring (bicyclic) bond motifs is 1. The second kappa shape index (κ2) is 20.0. The molecule has 0 aliphatic rings. The van der Waals surface area contributed by atoms with Gasteiger partial charge >= 0.3 is 11.9 Å². The topological polar surface area (TPSA) is 448 Å². The molecule has 0 saturated heterocycles. The molecule has 0 aliphatic carbocycles. The molecule has 28 nitrogen and oxygen atoms in total. The molecule has 0 unspecified atom stereocenters. The fourth-order valence-electron chi connectivity index (χ4n) is 5.79. The lowest BCUT2D eigenvalue weighted by Crippen LogP contribution is -2.13. The van der Waals surface area contributed by atoms with Crippen molar-refractivity contribution in [2.45, 2.75) is 42.4 Å². The van der Waals surface area contributed by atoms with Crippen LogP contribution in [0.25, 0.3) is 10.8 Å².